The Morgan fingerprint density at radius 1 is 1.50 bits per heavy atom. The van der Waals surface area contributed by atoms with E-state index in [0.29, 0.717) is 0 Å². The summed E-state index contributed by atoms with van der Waals surface area (Å²) >= 11 is 0. The molecular weight excluding hydrogens is 148 g/mol. The first-order chi connectivity index (χ1) is 5.57. The van der Waals surface area contributed by atoms with Crippen molar-refractivity contribution in [2.45, 2.75) is 58.5 Å². The molecule has 1 fully saturated rings. The fraction of sp³-hybridized carbons (Fsp3) is 1.00. The van der Waals surface area contributed by atoms with Crippen LogP contribution in [-0.4, -0.2) is 10.7 Å². The minimum Gasteiger partial charge on any atom is -0.390 e. The minimum absolute atomic E-state index is 0.326. The molecule has 72 valence electrons. The Kier molecular flexibility index (Phi) is 3.16. The summed E-state index contributed by atoms with van der Waals surface area (Å²) in [6.07, 6.45) is 5.51. The van der Waals surface area contributed by atoms with Gasteiger partial charge in [0, 0.05) is 0 Å². The molecule has 1 aliphatic carbocycles. The second kappa shape index (κ2) is 3.78. The highest BCUT2D eigenvalue weighted by molar-refractivity contribution is 4.86. The van der Waals surface area contributed by atoms with Crippen molar-refractivity contribution in [2.24, 2.45) is 11.8 Å². The molecule has 0 saturated heterocycles. The van der Waals surface area contributed by atoms with Crippen LogP contribution in [0.2, 0.25) is 0 Å². The summed E-state index contributed by atoms with van der Waals surface area (Å²) < 4.78 is 0. The van der Waals surface area contributed by atoms with Gasteiger partial charge in [-0.2, -0.15) is 0 Å². The minimum atomic E-state index is -0.326. The van der Waals surface area contributed by atoms with Gasteiger partial charge in [-0.15, -0.1) is 0 Å². The van der Waals surface area contributed by atoms with Crippen molar-refractivity contribution >= 4 is 0 Å². The summed E-state index contributed by atoms with van der Waals surface area (Å²) in [4.78, 5) is 0. The van der Waals surface area contributed by atoms with E-state index < -0.39 is 0 Å². The quantitative estimate of drug-likeness (QED) is 0.675. The first-order valence-corrected chi connectivity index (χ1v) is 5.30. The molecule has 1 nitrogen and oxygen atoms in total. The molecule has 0 aromatic heterocycles. The third-order valence-electron chi connectivity index (χ3n) is 3.46. The second-order valence-corrected chi connectivity index (χ2v) is 4.68. The molecule has 0 aromatic rings. The maximum Gasteiger partial charge on any atom is 0.0648 e. The van der Waals surface area contributed by atoms with Crippen LogP contribution in [0.4, 0.5) is 0 Å². The van der Waals surface area contributed by atoms with Crippen molar-refractivity contribution in [3.05, 3.63) is 0 Å². The van der Waals surface area contributed by atoms with Crippen LogP contribution in [0.5, 0.6) is 0 Å². The zero-order valence-corrected chi connectivity index (χ0v) is 8.64. The van der Waals surface area contributed by atoms with Crippen LogP contribution in [0.3, 0.4) is 0 Å². The van der Waals surface area contributed by atoms with Gasteiger partial charge in [-0.05, 0) is 37.5 Å². The maximum absolute atomic E-state index is 10.1. The summed E-state index contributed by atoms with van der Waals surface area (Å²) in [6, 6.07) is 0. The molecule has 0 aromatic carbocycles. The van der Waals surface area contributed by atoms with Crippen LogP contribution in [0.15, 0.2) is 0 Å². The first kappa shape index (κ1) is 10.0. The molecule has 0 bridgehead atoms. The molecule has 0 aliphatic heterocycles. The monoisotopic (exact) mass is 170 g/mol. The Balaban J connectivity index is 2.51. The topological polar surface area (TPSA) is 20.2 Å². The van der Waals surface area contributed by atoms with Gasteiger partial charge in [-0.25, -0.2) is 0 Å². The first-order valence-electron chi connectivity index (χ1n) is 5.30. The lowest BCUT2D eigenvalue weighted by atomic mass is 9.73. The zero-order chi connectivity index (χ0) is 9.19. The van der Waals surface area contributed by atoms with Crippen LogP contribution in [0.25, 0.3) is 0 Å². The van der Waals surface area contributed by atoms with Gasteiger partial charge in [0.15, 0.2) is 0 Å². The zero-order valence-electron chi connectivity index (χ0n) is 8.64. The fourth-order valence-electron chi connectivity index (χ4n) is 2.28. The van der Waals surface area contributed by atoms with Crippen molar-refractivity contribution in [1.82, 2.24) is 0 Å². The maximum atomic E-state index is 10.1. The predicted molar refractivity (Wildman–Crippen MR) is 52.0 cm³/mol. The van der Waals surface area contributed by atoms with E-state index in [1.165, 1.54) is 12.8 Å². The molecule has 1 heteroatoms. The lowest BCUT2D eigenvalue weighted by Gasteiger charge is -2.38. The van der Waals surface area contributed by atoms with Gasteiger partial charge >= 0.3 is 0 Å². The Morgan fingerprint density at radius 2 is 2.17 bits per heavy atom. The summed E-state index contributed by atoms with van der Waals surface area (Å²) in [7, 11) is 0. The predicted octanol–water partition coefficient (Wildman–Crippen LogP) is 2.97. The van der Waals surface area contributed by atoms with Crippen molar-refractivity contribution in [3.8, 4) is 0 Å². The Hall–Kier alpha value is -0.0400. The lowest BCUT2D eigenvalue weighted by Crippen LogP contribution is -2.35. The standard InChI is InChI=1S/C11H22O/c1-4-11(12)7-5-6-10(8-11)9(2)3/h9-10,12H,4-8H2,1-3H3. The third kappa shape index (κ3) is 2.22. The van der Waals surface area contributed by atoms with E-state index in [2.05, 4.69) is 20.8 Å². The molecule has 2 unspecified atom stereocenters. The van der Waals surface area contributed by atoms with Crippen LogP contribution in [0.1, 0.15) is 52.9 Å². The molecule has 0 amide bonds. The Labute approximate surface area is 76.2 Å². The average Bonchev–Trinajstić information content (AvgIpc) is 2.05. The molecule has 1 aliphatic rings. The summed E-state index contributed by atoms with van der Waals surface area (Å²) in [5, 5.41) is 10.1. The number of hydrogen-bond acceptors (Lipinski definition) is 1. The van der Waals surface area contributed by atoms with Gasteiger partial charge in [0.25, 0.3) is 0 Å². The van der Waals surface area contributed by atoms with Gasteiger partial charge in [-0.1, -0.05) is 27.2 Å². The van der Waals surface area contributed by atoms with Crippen molar-refractivity contribution in [3.63, 3.8) is 0 Å². The van der Waals surface area contributed by atoms with Gasteiger partial charge in [0.05, 0.1) is 5.60 Å². The van der Waals surface area contributed by atoms with Gasteiger partial charge < -0.3 is 5.11 Å². The van der Waals surface area contributed by atoms with Crippen molar-refractivity contribution in [1.29, 1.82) is 0 Å². The number of hydrogen-bond donors (Lipinski definition) is 1. The number of rotatable bonds is 2. The molecule has 0 radical (unpaired) electrons. The van der Waals surface area contributed by atoms with E-state index in [1.54, 1.807) is 0 Å². The summed E-state index contributed by atoms with van der Waals surface area (Å²) in [5.74, 6) is 1.49. The fourth-order valence-corrected chi connectivity index (χ4v) is 2.28. The van der Waals surface area contributed by atoms with Crippen molar-refractivity contribution < 1.29 is 5.11 Å². The van der Waals surface area contributed by atoms with E-state index >= 15 is 0 Å². The third-order valence-corrected chi connectivity index (χ3v) is 3.46. The molecular formula is C11H22O. The van der Waals surface area contributed by atoms with Crippen LogP contribution >= 0.6 is 0 Å². The molecule has 2 atom stereocenters. The normalized spacial score (nSPS) is 37.2. The summed E-state index contributed by atoms with van der Waals surface area (Å²) in [5.41, 5.74) is -0.326. The van der Waals surface area contributed by atoms with E-state index in [9.17, 15) is 5.11 Å². The highest BCUT2D eigenvalue weighted by atomic mass is 16.3. The highest BCUT2D eigenvalue weighted by Crippen LogP contribution is 2.37. The van der Waals surface area contributed by atoms with E-state index in [1.807, 2.05) is 0 Å². The van der Waals surface area contributed by atoms with Crippen LogP contribution in [-0.2, 0) is 0 Å². The van der Waals surface area contributed by atoms with E-state index in [-0.39, 0.29) is 5.60 Å². The molecule has 1 saturated carbocycles. The molecule has 0 heterocycles. The van der Waals surface area contributed by atoms with Gasteiger partial charge in [0.2, 0.25) is 0 Å². The smallest absolute Gasteiger partial charge is 0.0648 e. The molecule has 1 N–H and O–H groups in total. The Bertz CT molecular complexity index is 142. The summed E-state index contributed by atoms with van der Waals surface area (Å²) in [6.45, 7) is 6.64. The molecule has 1 rings (SSSR count). The van der Waals surface area contributed by atoms with E-state index in [0.717, 1.165) is 31.1 Å². The SMILES string of the molecule is CCC1(O)CCCC(C(C)C)C1. The Morgan fingerprint density at radius 3 is 2.67 bits per heavy atom. The largest absolute Gasteiger partial charge is 0.390 e. The second-order valence-electron chi connectivity index (χ2n) is 4.68. The number of aliphatic hydroxyl groups is 1. The van der Waals surface area contributed by atoms with Gasteiger partial charge in [-0.3, -0.25) is 0 Å². The van der Waals surface area contributed by atoms with E-state index in [4.69, 9.17) is 0 Å². The van der Waals surface area contributed by atoms with Gasteiger partial charge in [0.1, 0.15) is 0 Å². The highest BCUT2D eigenvalue weighted by Gasteiger charge is 2.33. The molecule has 0 spiro atoms. The lowest BCUT2D eigenvalue weighted by molar-refractivity contribution is -0.0273. The van der Waals surface area contributed by atoms with Crippen LogP contribution in [0, 0.1) is 11.8 Å². The van der Waals surface area contributed by atoms with Crippen molar-refractivity contribution in [2.75, 3.05) is 0 Å². The molecule has 12 heavy (non-hydrogen) atoms. The van der Waals surface area contributed by atoms with Crippen LogP contribution < -0.4 is 0 Å². The average molecular weight is 170 g/mol.